The Morgan fingerprint density at radius 2 is 1.71 bits per heavy atom. The van der Waals surface area contributed by atoms with Gasteiger partial charge < -0.3 is 5.32 Å². The molecular weight excluding hydrogens is 346 g/mol. The highest BCUT2D eigenvalue weighted by atomic mass is 35.5. The number of carbonyl (C=O) groups is 1. The highest BCUT2D eigenvalue weighted by molar-refractivity contribution is 7.94. The summed E-state index contributed by atoms with van der Waals surface area (Å²) in [6.45, 7) is 0.476. The first-order chi connectivity index (χ1) is 11.5. The maximum atomic E-state index is 12.1. The number of benzene rings is 2. The zero-order valence-electron chi connectivity index (χ0n) is 13.0. The smallest absolute Gasteiger partial charge is 0.244 e. The summed E-state index contributed by atoms with van der Waals surface area (Å²) >= 11 is 5.87. The van der Waals surface area contributed by atoms with E-state index in [1.54, 1.807) is 12.1 Å². The highest BCUT2D eigenvalue weighted by Crippen LogP contribution is 2.22. The molecule has 0 saturated heterocycles. The molecule has 0 aliphatic heterocycles. The second-order valence-electron chi connectivity index (χ2n) is 5.16. The van der Waals surface area contributed by atoms with Crippen molar-refractivity contribution in [1.82, 2.24) is 5.32 Å². The van der Waals surface area contributed by atoms with Gasteiger partial charge in [0.2, 0.25) is 15.7 Å². The second-order valence-corrected chi connectivity index (χ2v) is 7.37. The van der Waals surface area contributed by atoms with Crippen LogP contribution in [-0.2, 0) is 21.1 Å². The first-order valence-electron chi connectivity index (χ1n) is 7.48. The van der Waals surface area contributed by atoms with Crippen LogP contribution in [0.1, 0.15) is 12.0 Å². The van der Waals surface area contributed by atoms with Gasteiger partial charge in [0.25, 0.3) is 0 Å². The predicted octanol–water partition coefficient (Wildman–Crippen LogP) is 3.38. The number of halogens is 1. The number of amides is 1. The van der Waals surface area contributed by atoms with Gasteiger partial charge in [-0.15, -0.1) is 0 Å². The van der Waals surface area contributed by atoms with E-state index in [-0.39, 0.29) is 9.92 Å². The van der Waals surface area contributed by atoms with E-state index >= 15 is 0 Å². The van der Waals surface area contributed by atoms with Crippen molar-refractivity contribution in [2.24, 2.45) is 0 Å². The van der Waals surface area contributed by atoms with Crippen molar-refractivity contribution in [3.63, 3.8) is 0 Å². The van der Waals surface area contributed by atoms with E-state index in [1.165, 1.54) is 17.7 Å². The van der Waals surface area contributed by atoms with E-state index in [2.05, 4.69) is 5.32 Å². The fourth-order valence-corrected chi connectivity index (χ4v) is 3.62. The Bertz CT molecular complexity index is 817. The van der Waals surface area contributed by atoms with Gasteiger partial charge in [0, 0.05) is 18.0 Å². The lowest BCUT2D eigenvalue weighted by atomic mass is 10.1. The van der Waals surface area contributed by atoms with E-state index < -0.39 is 15.7 Å². The fraction of sp³-hybridized carbons (Fsp3) is 0.167. The lowest BCUT2D eigenvalue weighted by Crippen LogP contribution is -2.22. The summed E-state index contributed by atoms with van der Waals surface area (Å²) in [7, 11) is -3.73. The monoisotopic (exact) mass is 363 g/mol. The van der Waals surface area contributed by atoms with Crippen molar-refractivity contribution >= 4 is 27.3 Å². The van der Waals surface area contributed by atoms with Crippen LogP contribution < -0.4 is 5.32 Å². The Morgan fingerprint density at radius 3 is 2.42 bits per heavy atom. The van der Waals surface area contributed by atoms with Crippen molar-refractivity contribution in [1.29, 1.82) is 0 Å². The third-order valence-corrected chi connectivity index (χ3v) is 5.23. The zero-order valence-corrected chi connectivity index (χ0v) is 14.6. The standard InChI is InChI=1S/C18H18ClNO3S/c19-16-10-4-5-11-17(16)24(22,23)14-12-18(21)20-13-6-9-15-7-2-1-3-8-15/h1-5,7-8,10-12,14H,6,9,13H2,(H,20,21)/b14-12+. The molecule has 0 aromatic heterocycles. The molecule has 1 N–H and O–H groups in total. The van der Waals surface area contributed by atoms with Gasteiger partial charge >= 0.3 is 0 Å². The van der Waals surface area contributed by atoms with Gasteiger partial charge in [0.05, 0.1) is 9.92 Å². The molecule has 0 atom stereocenters. The lowest BCUT2D eigenvalue weighted by molar-refractivity contribution is -0.116. The number of aryl methyl sites for hydroxylation is 1. The van der Waals surface area contributed by atoms with Crippen LogP contribution in [0.5, 0.6) is 0 Å². The average molecular weight is 364 g/mol. The maximum absolute atomic E-state index is 12.1. The van der Waals surface area contributed by atoms with Gasteiger partial charge in [-0.2, -0.15) is 0 Å². The van der Waals surface area contributed by atoms with E-state index in [1.807, 2.05) is 30.3 Å². The lowest BCUT2D eigenvalue weighted by Gasteiger charge is -2.03. The Morgan fingerprint density at radius 1 is 1.04 bits per heavy atom. The van der Waals surface area contributed by atoms with Crippen LogP contribution in [0, 0.1) is 0 Å². The number of rotatable bonds is 7. The van der Waals surface area contributed by atoms with Crippen LogP contribution in [0.25, 0.3) is 0 Å². The largest absolute Gasteiger partial charge is 0.353 e. The molecule has 0 aliphatic carbocycles. The summed E-state index contributed by atoms with van der Waals surface area (Å²) in [6.07, 6.45) is 2.64. The first-order valence-corrected chi connectivity index (χ1v) is 9.41. The van der Waals surface area contributed by atoms with Gasteiger partial charge in [0.15, 0.2) is 0 Å². The first kappa shape index (κ1) is 18.2. The second kappa shape index (κ2) is 8.66. The van der Waals surface area contributed by atoms with E-state index in [4.69, 9.17) is 11.6 Å². The Labute approximate surface area is 147 Å². The number of hydrogen-bond acceptors (Lipinski definition) is 3. The van der Waals surface area contributed by atoms with Gasteiger partial charge in [0.1, 0.15) is 0 Å². The van der Waals surface area contributed by atoms with Gasteiger partial charge in [-0.05, 0) is 30.5 Å². The molecule has 24 heavy (non-hydrogen) atoms. The zero-order chi connectivity index (χ0) is 17.4. The summed E-state index contributed by atoms with van der Waals surface area (Å²) in [6, 6.07) is 16.1. The number of sulfone groups is 1. The molecule has 1 amide bonds. The third-order valence-electron chi connectivity index (χ3n) is 3.33. The molecule has 0 aliphatic rings. The third kappa shape index (κ3) is 5.51. The van der Waals surface area contributed by atoms with Gasteiger partial charge in [-0.3, -0.25) is 4.79 Å². The summed E-state index contributed by atoms with van der Waals surface area (Å²) in [5.41, 5.74) is 1.20. The normalized spacial score (nSPS) is 11.5. The van der Waals surface area contributed by atoms with Crippen LogP contribution in [0.2, 0.25) is 5.02 Å². The van der Waals surface area contributed by atoms with E-state index in [0.717, 1.165) is 24.3 Å². The molecule has 2 aromatic rings. The van der Waals surface area contributed by atoms with Crippen molar-refractivity contribution in [2.45, 2.75) is 17.7 Å². The highest BCUT2D eigenvalue weighted by Gasteiger charge is 2.14. The summed E-state index contributed by atoms with van der Waals surface area (Å²) < 4.78 is 24.2. The molecule has 6 heteroatoms. The predicted molar refractivity (Wildman–Crippen MR) is 95.6 cm³/mol. The van der Waals surface area contributed by atoms with Gasteiger partial charge in [-0.25, -0.2) is 8.42 Å². The fourth-order valence-electron chi connectivity index (χ4n) is 2.11. The number of nitrogens with one attached hydrogen (secondary N) is 1. The maximum Gasteiger partial charge on any atom is 0.244 e. The SMILES string of the molecule is O=C(/C=C/S(=O)(=O)c1ccccc1Cl)NCCCc1ccccc1. The molecule has 4 nitrogen and oxygen atoms in total. The van der Waals surface area contributed by atoms with Crippen molar-refractivity contribution in [3.05, 3.63) is 76.7 Å². The molecule has 0 radical (unpaired) electrons. The summed E-state index contributed by atoms with van der Waals surface area (Å²) in [4.78, 5) is 11.7. The summed E-state index contributed by atoms with van der Waals surface area (Å²) in [5, 5.41) is 3.67. The van der Waals surface area contributed by atoms with Crippen LogP contribution in [-0.4, -0.2) is 20.9 Å². The molecule has 2 aromatic carbocycles. The molecular formula is C18H18ClNO3S. The number of carbonyl (C=O) groups excluding carboxylic acids is 1. The van der Waals surface area contributed by atoms with Crippen molar-refractivity contribution in [2.75, 3.05) is 6.54 Å². The van der Waals surface area contributed by atoms with Crippen LogP contribution >= 0.6 is 11.6 Å². The van der Waals surface area contributed by atoms with E-state index in [0.29, 0.717) is 6.54 Å². The summed E-state index contributed by atoms with van der Waals surface area (Å²) in [5.74, 6) is -0.446. The Balaban J connectivity index is 1.83. The van der Waals surface area contributed by atoms with Gasteiger partial charge in [-0.1, -0.05) is 54.1 Å². The minimum Gasteiger partial charge on any atom is -0.353 e. The van der Waals surface area contributed by atoms with Crippen LogP contribution in [0.4, 0.5) is 0 Å². The molecule has 0 saturated carbocycles. The van der Waals surface area contributed by atoms with Crippen LogP contribution in [0.3, 0.4) is 0 Å². The molecule has 2 rings (SSSR count). The number of hydrogen-bond donors (Lipinski definition) is 1. The van der Waals surface area contributed by atoms with Crippen molar-refractivity contribution in [3.8, 4) is 0 Å². The quantitative estimate of drug-likeness (QED) is 0.606. The minimum absolute atomic E-state index is 0.0141. The molecule has 0 unspecified atom stereocenters. The Hall–Kier alpha value is -2.11. The Kier molecular flexibility index (Phi) is 6.58. The van der Waals surface area contributed by atoms with E-state index in [9.17, 15) is 13.2 Å². The van der Waals surface area contributed by atoms with Crippen molar-refractivity contribution < 1.29 is 13.2 Å². The topological polar surface area (TPSA) is 63.2 Å². The van der Waals surface area contributed by atoms with Crippen LogP contribution in [0.15, 0.2) is 71.0 Å². The minimum atomic E-state index is -3.73. The average Bonchev–Trinajstić information content (AvgIpc) is 2.58. The molecule has 0 heterocycles. The molecule has 0 bridgehead atoms. The molecule has 0 spiro atoms. The molecule has 126 valence electrons. The molecule has 0 fully saturated rings.